The fourth-order valence-electron chi connectivity index (χ4n) is 2.64. The summed E-state index contributed by atoms with van der Waals surface area (Å²) >= 11 is 0. The lowest BCUT2D eigenvalue weighted by atomic mass is 9.85. The Morgan fingerprint density at radius 1 is 0.548 bits per heavy atom. The zero-order valence-electron chi connectivity index (χ0n) is 17.8. The van der Waals surface area contributed by atoms with Gasteiger partial charge in [0.2, 0.25) is 5.82 Å². The van der Waals surface area contributed by atoms with Crippen LogP contribution in [0.2, 0.25) is 0 Å². The average Bonchev–Trinajstić information content (AvgIpc) is 2.55. The summed E-state index contributed by atoms with van der Waals surface area (Å²) in [6.45, 7) is 11.5. The third kappa shape index (κ3) is 6.94. The Bertz CT molecular complexity index is 852. The maximum absolute atomic E-state index is 13.2. The fourth-order valence-corrected chi connectivity index (χ4v) is 2.64. The number of aryl methyl sites for hydroxylation is 1. The number of benzene rings is 2. The second-order valence-corrected chi connectivity index (χ2v) is 9.03. The summed E-state index contributed by atoms with van der Waals surface area (Å²) in [5.41, 5.74) is -1.40. The molecule has 0 aliphatic heterocycles. The molecular formula is C23H28F8. The maximum Gasteiger partial charge on any atom is 0.416 e. The fraction of sp³-hybridized carbons (Fsp3) is 0.478. The van der Waals surface area contributed by atoms with Crippen LogP contribution in [0.5, 0.6) is 0 Å². The van der Waals surface area contributed by atoms with Crippen LogP contribution in [0.25, 0.3) is 0 Å². The van der Waals surface area contributed by atoms with Crippen LogP contribution in [-0.2, 0) is 17.0 Å². The molecule has 2 aromatic rings. The van der Waals surface area contributed by atoms with Crippen molar-refractivity contribution in [1.82, 2.24) is 0 Å². The summed E-state index contributed by atoms with van der Waals surface area (Å²) in [6.07, 6.45) is -4.26. The number of hydrogen-bond donors (Lipinski definition) is 0. The molecule has 0 heterocycles. The third-order valence-electron chi connectivity index (χ3n) is 4.23. The molecule has 8 heteroatoms. The maximum atomic E-state index is 13.2. The first kappa shape index (κ1) is 28.9. The van der Waals surface area contributed by atoms with Gasteiger partial charge >= 0.3 is 6.18 Å². The molecule has 176 valence electrons. The van der Waals surface area contributed by atoms with Gasteiger partial charge in [-0.25, -0.2) is 22.0 Å². The van der Waals surface area contributed by atoms with E-state index in [4.69, 9.17) is 0 Å². The van der Waals surface area contributed by atoms with Crippen LogP contribution in [0.4, 0.5) is 35.1 Å². The van der Waals surface area contributed by atoms with Crippen LogP contribution >= 0.6 is 0 Å². The second kappa shape index (κ2) is 9.57. The molecule has 0 amide bonds. The van der Waals surface area contributed by atoms with Crippen molar-refractivity contribution < 1.29 is 35.1 Å². The summed E-state index contributed by atoms with van der Waals surface area (Å²) in [4.78, 5) is 0. The van der Waals surface area contributed by atoms with Crippen LogP contribution in [-0.4, -0.2) is 0 Å². The Hall–Kier alpha value is -2.12. The van der Waals surface area contributed by atoms with Gasteiger partial charge in [0.25, 0.3) is 0 Å². The SMILES string of the molecule is C.CC(C)(C)c1c(F)c(F)c(F)c(F)c1F.Cc1cc(C(C)(C)C)cc(C(F)(F)F)c1. The van der Waals surface area contributed by atoms with E-state index in [9.17, 15) is 35.1 Å². The highest BCUT2D eigenvalue weighted by atomic mass is 19.4. The Morgan fingerprint density at radius 3 is 1.23 bits per heavy atom. The predicted molar refractivity (Wildman–Crippen MR) is 107 cm³/mol. The Labute approximate surface area is 178 Å². The normalized spacial score (nSPS) is 12.1. The van der Waals surface area contributed by atoms with E-state index >= 15 is 0 Å². The molecule has 0 spiro atoms. The number of hydrogen-bond acceptors (Lipinski definition) is 0. The van der Waals surface area contributed by atoms with Crippen LogP contribution < -0.4 is 0 Å². The minimum atomic E-state index is -4.26. The van der Waals surface area contributed by atoms with Crippen molar-refractivity contribution in [1.29, 1.82) is 0 Å². The topological polar surface area (TPSA) is 0 Å². The van der Waals surface area contributed by atoms with Gasteiger partial charge in [-0.3, -0.25) is 0 Å². The summed E-state index contributed by atoms with van der Waals surface area (Å²) < 4.78 is 102. The van der Waals surface area contributed by atoms with Crippen molar-refractivity contribution in [3.63, 3.8) is 0 Å². The van der Waals surface area contributed by atoms with Gasteiger partial charge in [-0.15, -0.1) is 0 Å². The van der Waals surface area contributed by atoms with E-state index < -0.39 is 51.8 Å². The lowest BCUT2D eigenvalue weighted by Crippen LogP contribution is -2.20. The van der Waals surface area contributed by atoms with E-state index in [-0.39, 0.29) is 12.8 Å². The first-order chi connectivity index (χ1) is 13.3. The van der Waals surface area contributed by atoms with Crippen molar-refractivity contribution in [2.75, 3.05) is 0 Å². The van der Waals surface area contributed by atoms with Crippen molar-refractivity contribution in [2.45, 2.75) is 72.9 Å². The van der Waals surface area contributed by atoms with Crippen molar-refractivity contribution in [3.8, 4) is 0 Å². The quantitative estimate of drug-likeness (QED) is 0.211. The van der Waals surface area contributed by atoms with Crippen molar-refractivity contribution in [3.05, 3.63) is 69.5 Å². The summed E-state index contributed by atoms with van der Waals surface area (Å²) in [6, 6.07) is 4.21. The van der Waals surface area contributed by atoms with E-state index in [0.29, 0.717) is 5.56 Å². The van der Waals surface area contributed by atoms with E-state index in [0.717, 1.165) is 5.56 Å². The molecule has 0 atom stereocenters. The number of halogens is 8. The number of alkyl halides is 3. The van der Waals surface area contributed by atoms with Gasteiger partial charge in [0.05, 0.1) is 5.56 Å². The van der Waals surface area contributed by atoms with E-state index in [1.54, 1.807) is 13.0 Å². The van der Waals surface area contributed by atoms with E-state index in [1.807, 2.05) is 20.8 Å². The monoisotopic (exact) mass is 456 g/mol. The minimum Gasteiger partial charge on any atom is -0.203 e. The molecule has 0 radical (unpaired) electrons. The molecule has 2 rings (SSSR count). The molecule has 2 aromatic carbocycles. The molecule has 31 heavy (non-hydrogen) atoms. The first-order valence-electron chi connectivity index (χ1n) is 8.99. The van der Waals surface area contributed by atoms with Gasteiger partial charge in [0.15, 0.2) is 23.3 Å². The summed E-state index contributed by atoms with van der Waals surface area (Å²) in [5.74, 6) is -9.46. The van der Waals surface area contributed by atoms with Gasteiger partial charge in [-0.2, -0.15) is 13.2 Å². The van der Waals surface area contributed by atoms with Gasteiger partial charge in [0.1, 0.15) is 0 Å². The second-order valence-electron chi connectivity index (χ2n) is 9.03. The molecule has 0 nitrogen and oxygen atoms in total. The van der Waals surface area contributed by atoms with Crippen LogP contribution in [0.15, 0.2) is 18.2 Å². The number of rotatable bonds is 0. The average molecular weight is 456 g/mol. The lowest BCUT2D eigenvalue weighted by Gasteiger charge is -2.21. The molecule has 0 aliphatic carbocycles. The van der Waals surface area contributed by atoms with Crippen molar-refractivity contribution in [2.24, 2.45) is 0 Å². The molecule has 0 aliphatic rings. The standard InChI is InChI=1S/C12H15F3.C10H9F5.CH4/c1-8-5-9(11(2,3)4)7-10(6-8)12(13,14)15;1-10(2,3)4-5(11)7(13)9(15)8(14)6(4)12;/h5-7H,1-4H3;1-3H3;1H4. The van der Waals surface area contributed by atoms with E-state index in [1.165, 1.54) is 32.9 Å². The Balaban J connectivity index is 0.000000562. The molecule has 0 saturated heterocycles. The van der Waals surface area contributed by atoms with E-state index in [2.05, 4.69) is 0 Å². The van der Waals surface area contributed by atoms with Crippen molar-refractivity contribution >= 4 is 0 Å². The summed E-state index contributed by atoms with van der Waals surface area (Å²) in [5, 5.41) is 0. The lowest BCUT2D eigenvalue weighted by molar-refractivity contribution is -0.137. The smallest absolute Gasteiger partial charge is 0.203 e. The molecule has 0 aromatic heterocycles. The Morgan fingerprint density at radius 2 is 0.903 bits per heavy atom. The zero-order chi connectivity index (χ0) is 23.8. The highest BCUT2D eigenvalue weighted by molar-refractivity contribution is 5.35. The largest absolute Gasteiger partial charge is 0.416 e. The molecule has 0 fully saturated rings. The molecule has 0 unspecified atom stereocenters. The molecule has 0 bridgehead atoms. The molecule has 0 saturated carbocycles. The van der Waals surface area contributed by atoms with Gasteiger partial charge in [-0.05, 0) is 35.4 Å². The van der Waals surface area contributed by atoms with Crippen LogP contribution in [0, 0.1) is 36.0 Å². The first-order valence-corrected chi connectivity index (χ1v) is 8.99. The van der Waals surface area contributed by atoms with Gasteiger partial charge in [0, 0.05) is 5.56 Å². The summed E-state index contributed by atoms with van der Waals surface area (Å²) in [7, 11) is 0. The molecular weight excluding hydrogens is 428 g/mol. The Kier molecular flexibility index (Phi) is 8.92. The predicted octanol–water partition coefficient (Wildman–Crippen LogP) is 8.63. The third-order valence-corrected chi connectivity index (χ3v) is 4.23. The highest BCUT2D eigenvalue weighted by Crippen LogP contribution is 2.34. The highest BCUT2D eigenvalue weighted by Gasteiger charge is 2.33. The van der Waals surface area contributed by atoms with Crippen LogP contribution in [0.3, 0.4) is 0 Å². The minimum absolute atomic E-state index is 0. The van der Waals surface area contributed by atoms with Gasteiger partial charge < -0.3 is 0 Å². The van der Waals surface area contributed by atoms with Gasteiger partial charge in [-0.1, -0.05) is 60.6 Å². The zero-order valence-corrected chi connectivity index (χ0v) is 17.8. The molecule has 0 N–H and O–H groups in total. The van der Waals surface area contributed by atoms with Crippen LogP contribution in [0.1, 0.15) is 71.2 Å².